The van der Waals surface area contributed by atoms with Gasteiger partial charge in [0.1, 0.15) is 5.75 Å². The minimum absolute atomic E-state index is 0.0740. The number of anilines is 1. The minimum atomic E-state index is -0.461. The Morgan fingerprint density at radius 1 is 1.38 bits per heavy atom. The number of rotatable bonds is 5. The van der Waals surface area contributed by atoms with Crippen molar-refractivity contribution in [1.29, 1.82) is 0 Å². The maximum atomic E-state index is 10.5. The van der Waals surface area contributed by atoms with Gasteiger partial charge in [-0.25, -0.2) is 0 Å². The van der Waals surface area contributed by atoms with Crippen molar-refractivity contribution >= 4 is 11.6 Å². The molecular weight excluding hydrogens is 204 g/mol. The summed E-state index contributed by atoms with van der Waals surface area (Å²) >= 11 is 0. The normalized spacial score (nSPS) is 15.2. The van der Waals surface area contributed by atoms with Gasteiger partial charge in [0.15, 0.2) is 6.61 Å². The molecule has 0 unspecified atom stereocenters. The summed E-state index contributed by atoms with van der Waals surface area (Å²) in [6.07, 6.45) is 3.82. The lowest BCUT2D eigenvalue weighted by atomic mass is 9.93. The average Bonchev–Trinajstić information content (AvgIpc) is 2.22. The molecule has 1 fully saturated rings. The molecule has 0 saturated heterocycles. The molecule has 0 bridgehead atoms. The van der Waals surface area contributed by atoms with E-state index in [4.69, 9.17) is 10.5 Å². The predicted molar refractivity (Wildman–Crippen MR) is 62.4 cm³/mol. The lowest BCUT2D eigenvalue weighted by Gasteiger charge is -2.27. The Hall–Kier alpha value is -1.71. The van der Waals surface area contributed by atoms with E-state index in [1.54, 1.807) is 0 Å². The summed E-state index contributed by atoms with van der Waals surface area (Å²) in [4.78, 5) is 10.5. The van der Waals surface area contributed by atoms with Crippen LogP contribution in [-0.2, 0) is 4.79 Å². The van der Waals surface area contributed by atoms with Gasteiger partial charge in [-0.2, -0.15) is 0 Å². The Labute approximate surface area is 94.8 Å². The molecule has 86 valence electrons. The van der Waals surface area contributed by atoms with Crippen LogP contribution in [-0.4, -0.2) is 18.6 Å². The molecule has 1 saturated carbocycles. The van der Waals surface area contributed by atoms with Gasteiger partial charge in [0.05, 0.1) is 0 Å². The second kappa shape index (κ2) is 4.88. The van der Waals surface area contributed by atoms with Gasteiger partial charge in [-0.1, -0.05) is 0 Å². The molecule has 1 aromatic rings. The first-order valence-electron chi connectivity index (χ1n) is 5.52. The number of amides is 1. The summed E-state index contributed by atoms with van der Waals surface area (Å²) in [5.41, 5.74) is 6.08. The van der Waals surface area contributed by atoms with Crippen LogP contribution in [0.3, 0.4) is 0 Å². The number of carbonyl (C=O) groups is 1. The van der Waals surface area contributed by atoms with Gasteiger partial charge in [-0.3, -0.25) is 4.79 Å². The first-order valence-corrected chi connectivity index (χ1v) is 5.52. The van der Waals surface area contributed by atoms with Crippen molar-refractivity contribution in [3.8, 4) is 5.75 Å². The highest BCUT2D eigenvalue weighted by atomic mass is 16.5. The van der Waals surface area contributed by atoms with E-state index in [0.29, 0.717) is 11.8 Å². The molecular formula is C12H16N2O2. The van der Waals surface area contributed by atoms with Crippen LogP contribution in [0.2, 0.25) is 0 Å². The maximum Gasteiger partial charge on any atom is 0.255 e. The fraction of sp³-hybridized carbons (Fsp3) is 0.417. The third-order valence-electron chi connectivity index (χ3n) is 2.71. The van der Waals surface area contributed by atoms with Crippen molar-refractivity contribution < 1.29 is 9.53 Å². The zero-order chi connectivity index (χ0) is 11.4. The van der Waals surface area contributed by atoms with Gasteiger partial charge in [0, 0.05) is 11.7 Å². The zero-order valence-electron chi connectivity index (χ0n) is 9.11. The Kier molecular flexibility index (Phi) is 3.29. The predicted octanol–water partition coefficient (Wildman–Crippen LogP) is 1.52. The molecule has 1 amide bonds. The largest absolute Gasteiger partial charge is 0.484 e. The molecule has 0 spiro atoms. The van der Waals surface area contributed by atoms with Gasteiger partial charge in [0.25, 0.3) is 5.91 Å². The zero-order valence-corrected chi connectivity index (χ0v) is 9.11. The minimum Gasteiger partial charge on any atom is -0.484 e. The molecule has 1 aromatic carbocycles. The van der Waals surface area contributed by atoms with Crippen molar-refractivity contribution in [3.63, 3.8) is 0 Å². The van der Waals surface area contributed by atoms with Crippen LogP contribution in [0, 0.1) is 0 Å². The van der Waals surface area contributed by atoms with Gasteiger partial charge < -0.3 is 15.8 Å². The molecule has 1 aliphatic carbocycles. The number of hydrogen-bond donors (Lipinski definition) is 2. The third kappa shape index (κ3) is 2.89. The second-order valence-corrected chi connectivity index (χ2v) is 4.05. The summed E-state index contributed by atoms with van der Waals surface area (Å²) in [7, 11) is 0. The quantitative estimate of drug-likeness (QED) is 0.790. The Balaban J connectivity index is 1.85. The van der Waals surface area contributed by atoms with Crippen LogP contribution in [0.5, 0.6) is 5.75 Å². The monoisotopic (exact) mass is 220 g/mol. The molecule has 4 heteroatoms. The first-order chi connectivity index (χ1) is 7.74. The van der Waals surface area contributed by atoms with E-state index in [1.165, 1.54) is 19.3 Å². The summed E-state index contributed by atoms with van der Waals surface area (Å²) < 4.78 is 5.17. The number of nitrogens with one attached hydrogen (secondary N) is 1. The van der Waals surface area contributed by atoms with E-state index in [1.807, 2.05) is 24.3 Å². The average molecular weight is 220 g/mol. The second-order valence-electron chi connectivity index (χ2n) is 4.05. The van der Waals surface area contributed by atoms with E-state index < -0.39 is 5.91 Å². The van der Waals surface area contributed by atoms with Gasteiger partial charge in [-0.15, -0.1) is 0 Å². The number of ether oxygens (including phenoxy) is 1. The molecule has 0 atom stereocenters. The molecule has 4 nitrogen and oxygen atoms in total. The molecule has 16 heavy (non-hydrogen) atoms. The SMILES string of the molecule is NC(=O)COc1ccc(NC2CCC2)cc1. The summed E-state index contributed by atoms with van der Waals surface area (Å²) in [6, 6.07) is 8.20. The number of hydrogen-bond acceptors (Lipinski definition) is 3. The lowest BCUT2D eigenvalue weighted by molar-refractivity contribution is -0.119. The summed E-state index contributed by atoms with van der Waals surface area (Å²) in [6.45, 7) is -0.0740. The fourth-order valence-corrected chi connectivity index (χ4v) is 1.59. The van der Waals surface area contributed by atoms with Crippen molar-refractivity contribution in [3.05, 3.63) is 24.3 Å². The highest BCUT2D eigenvalue weighted by Gasteiger charge is 2.16. The Morgan fingerprint density at radius 3 is 2.56 bits per heavy atom. The first kappa shape index (κ1) is 10.8. The highest BCUT2D eigenvalue weighted by Crippen LogP contribution is 2.24. The molecule has 0 aliphatic heterocycles. The van der Waals surface area contributed by atoms with Crippen LogP contribution in [0.1, 0.15) is 19.3 Å². The van der Waals surface area contributed by atoms with Crippen LogP contribution >= 0.6 is 0 Å². The maximum absolute atomic E-state index is 10.5. The highest BCUT2D eigenvalue weighted by molar-refractivity contribution is 5.75. The number of carbonyl (C=O) groups excluding carboxylic acids is 1. The van der Waals surface area contributed by atoms with Crippen molar-refractivity contribution in [1.82, 2.24) is 0 Å². The molecule has 0 aromatic heterocycles. The number of benzene rings is 1. The molecule has 2 rings (SSSR count). The van der Waals surface area contributed by atoms with Crippen molar-refractivity contribution in [2.24, 2.45) is 5.73 Å². The van der Waals surface area contributed by atoms with Gasteiger partial charge in [0.2, 0.25) is 0 Å². The van der Waals surface area contributed by atoms with Crippen LogP contribution in [0.25, 0.3) is 0 Å². The smallest absolute Gasteiger partial charge is 0.255 e. The lowest BCUT2D eigenvalue weighted by Crippen LogP contribution is -2.26. The molecule has 3 N–H and O–H groups in total. The van der Waals surface area contributed by atoms with Gasteiger partial charge in [-0.05, 0) is 43.5 Å². The van der Waals surface area contributed by atoms with E-state index in [0.717, 1.165) is 5.69 Å². The van der Waals surface area contributed by atoms with Crippen LogP contribution in [0.4, 0.5) is 5.69 Å². The van der Waals surface area contributed by atoms with E-state index >= 15 is 0 Å². The van der Waals surface area contributed by atoms with Crippen molar-refractivity contribution in [2.75, 3.05) is 11.9 Å². The van der Waals surface area contributed by atoms with Gasteiger partial charge >= 0.3 is 0 Å². The summed E-state index contributed by atoms with van der Waals surface area (Å²) in [5, 5.41) is 3.42. The van der Waals surface area contributed by atoms with E-state index in [2.05, 4.69) is 5.32 Å². The third-order valence-corrected chi connectivity index (χ3v) is 2.71. The topological polar surface area (TPSA) is 64.4 Å². The Morgan fingerprint density at radius 2 is 2.06 bits per heavy atom. The number of primary amides is 1. The number of nitrogens with two attached hydrogens (primary N) is 1. The fourth-order valence-electron chi connectivity index (χ4n) is 1.59. The van der Waals surface area contributed by atoms with E-state index in [-0.39, 0.29) is 6.61 Å². The van der Waals surface area contributed by atoms with Crippen LogP contribution in [0.15, 0.2) is 24.3 Å². The molecule has 1 aliphatic rings. The summed E-state index contributed by atoms with van der Waals surface area (Å²) in [5.74, 6) is 0.203. The Bertz CT molecular complexity index is 358. The van der Waals surface area contributed by atoms with Crippen molar-refractivity contribution in [2.45, 2.75) is 25.3 Å². The van der Waals surface area contributed by atoms with E-state index in [9.17, 15) is 4.79 Å². The molecule has 0 radical (unpaired) electrons. The molecule has 0 heterocycles. The standard InChI is InChI=1S/C12H16N2O2/c13-12(15)8-16-11-6-4-10(5-7-11)14-9-2-1-3-9/h4-7,9,14H,1-3,8H2,(H2,13,15). The van der Waals surface area contributed by atoms with Crippen LogP contribution < -0.4 is 15.8 Å².